The van der Waals surface area contributed by atoms with Crippen LogP contribution in [0.4, 0.5) is 0 Å². The lowest BCUT2D eigenvalue weighted by Gasteiger charge is -2.30. The molecule has 1 aliphatic heterocycles. The Labute approximate surface area is 223 Å². The van der Waals surface area contributed by atoms with Crippen molar-refractivity contribution in [1.82, 2.24) is 5.32 Å². The molecule has 0 unspecified atom stereocenters. The van der Waals surface area contributed by atoms with Crippen molar-refractivity contribution in [1.29, 1.82) is 0 Å². The summed E-state index contributed by atoms with van der Waals surface area (Å²) in [4.78, 5) is 18.8. The lowest BCUT2D eigenvalue weighted by Crippen LogP contribution is -2.48. The quantitative estimate of drug-likeness (QED) is 0.256. The van der Waals surface area contributed by atoms with Gasteiger partial charge >= 0.3 is 0 Å². The predicted octanol–water partition coefficient (Wildman–Crippen LogP) is 4.65. The first kappa shape index (κ1) is 26.9. The summed E-state index contributed by atoms with van der Waals surface area (Å²) in [5.74, 6) is 1.50. The van der Waals surface area contributed by atoms with Crippen LogP contribution in [0.3, 0.4) is 0 Å². The number of methoxy groups -OCH3 is 1. The number of hydrogen-bond acceptors (Lipinski definition) is 6. The summed E-state index contributed by atoms with van der Waals surface area (Å²) in [6, 6.07) is 24.9. The first-order chi connectivity index (χ1) is 18.6. The van der Waals surface area contributed by atoms with Crippen molar-refractivity contribution in [2.75, 3.05) is 26.9 Å². The van der Waals surface area contributed by atoms with E-state index in [-0.39, 0.29) is 18.9 Å². The molecule has 2 atom stereocenters. The van der Waals surface area contributed by atoms with Gasteiger partial charge < -0.3 is 24.6 Å². The molecule has 0 aromatic heterocycles. The van der Waals surface area contributed by atoms with Crippen LogP contribution in [0.1, 0.15) is 35.6 Å². The van der Waals surface area contributed by atoms with E-state index >= 15 is 0 Å². The van der Waals surface area contributed by atoms with E-state index in [1.165, 1.54) is 0 Å². The van der Waals surface area contributed by atoms with E-state index in [2.05, 4.69) is 11.9 Å². The minimum Gasteiger partial charge on any atom is -0.497 e. The predicted molar refractivity (Wildman–Crippen MR) is 148 cm³/mol. The highest BCUT2D eigenvalue weighted by molar-refractivity contribution is 6.01. The Bertz CT molecular complexity index is 1240. The molecule has 3 aromatic rings. The van der Waals surface area contributed by atoms with Crippen LogP contribution in [-0.2, 0) is 16.0 Å². The molecule has 0 fully saturated rings. The molecule has 0 saturated heterocycles. The van der Waals surface area contributed by atoms with Crippen molar-refractivity contribution in [2.24, 2.45) is 4.99 Å². The van der Waals surface area contributed by atoms with Gasteiger partial charge in [0.1, 0.15) is 11.5 Å². The second-order valence-electron chi connectivity index (χ2n) is 9.05. The van der Waals surface area contributed by atoms with Crippen LogP contribution in [0.15, 0.2) is 96.5 Å². The van der Waals surface area contributed by atoms with Gasteiger partial charge in [-0.3, -0.25) is 4.79 Å². The number of aliphatic hydroxyl groups excluding tert-OH is 1. The van der Waals surface area contributed by atoms with E-state index in [1.807, 2.05) is 78.9 Å². The zero-order chi connectivity index (χ0) is 26.8. The molecule has 0 saturated carbocycles. The third-order valence-corrected chi connectivity index (χ3v) is 6.42. The van der Waals surface area contributed by atoms with Crippen molar-refractivity contribution < 1.29 is 24.1 Å². The van der Waals surface area contributed by atoms with E-state index in [4.69, 9.17) is 24.3 Å². The molecule has 3 aromatic carbocycles. The topological polar surface area (TPSA) is 89.4 Å². The van der Waals surface area contributed by atoms with Crippen LogP contribution in [0.2, 0.25) is 0 Å². The monoisotopic (exact) mass is 514 g/mol. The van der Waals surface area contributed by atoms with Crippen LogP contribution < -0.4 is 14.8 Å². The molecule has 198 valence electrons. The van der Waals surface area contributed by atoms with Crippen molar-refractivity contribution in [2.45, 2.75) is 30.9 Å². The Balaban J connectivity index is 1.63. The molecule has 1 amide bonds. The summed E-state index contributed by atoms with van der Waals surface area (Å²) in [7, 11) is 1.61. The highest BCUT2D eigenvalue weighted by Gasteiger charge is 2.52. The normalized spacial score (nSPS) is 18.3. The fraction of sp³-hybridized carbons (Fsp3) is 0.290. The number of ether oxygens (including phenoxy) is 3. The van der Waals surface area contributed by atoms with E-state index in [1.54, 1.807) is 13.2 Å². The SMILES string of the molecule is C=CC[C@@]1(C(=O)NCCc2ccccc2)N=C(c2ccc(OCCCO)cc2)O[C@@H]1c1cccc(OC)c1. The van der Waals surface area contributed by atoms with Gasteiger partial charge in [-0.25, -0.2) is 4.99 Å². The second-order valence-corrected chi connectivity index (χ2v) is 9.05. The van der Waals surface area contributed by atoms with E-state index in [9.17, 15) is 4.79 Å². The largest absolute Gasteiger partial charge is 0.497 e. The lowest BCUT2D eigenvalue weighted by atomic mass is 9.84. The maximum absolute atomic E-state index is 13.8. The number of aliphatic imine (C=N–C) groups is 1. The maximum atomic E-state index is 13.8. The van der Waals surface area contributed by atoms with Gasteiger partial charge in [0.05, 0.1) is 13.7 Å². The Morgan fingerprint density at radius 1 is 1.11 bits per heavy atom. The van der Waals surface area contributed by atoms with E-state index in [0.29, 0.717) is 43.4 Å². The van der Waals surface area contributed by atoms with Gasteiger partial charge in [-0.1, -0.05) is 48.5 Å². The number of carbonyl (C=O) groups excluding carboxylic acids is 1. The summed E-state index contributed by atoms with van der Waals surface area (Å²) < 4.78 is 17.5. The van der Waals surface area contributed by atoms with Crippen molar-refractivity contribution in [3.63, 3.8) is 0 Å². The van der Waals surface area contributed by atoms with Gasteiger partial charge in [0, 0.05) is 31.6 Å². The molecule has 1 aliphatic rings. The number of aliphatic hydroxyl groups is 1. The highest BCUT2D eigenvalue weighted by atomic mass is 16.5. The average Bonchev–Trinajstić information content (AvgIpc) is 3.35. The Morgan fingerprint density at radius 3 is 2.61 bits per heavy atom. The number of benzene rings is 3. The van der Waals surface area contributed by atoms with Crippen LogP contribution in [0, 0.1) is 0 Å². The van der Waals surface area contributed by atoms with Crippen molar-refractivity contribution in [3.05, 3.63) is 108 Å². The highest BCUT2D eigenvalue weighted by Crippen LogP contribution is 2.43. The zero-order valence-corrected chi connectivity index (χ0v) is 21.6. The number of rotatable bonds is 13. The number of carbonyl (C=O) groups is 1. The van der Waals surface area contributed by atoms with Crippen LogP contribution in [-0.4, -0.2) is 49.3 Å². The third kappa shape index (κ3) is 6.23. The molecule has 0 aliphatic carbocycles. The third-order valence-electron chi connectivity index (χ3n) is 6.42. The molecular formula is C31H34N2O5. The molecule has 0 bridgehead atoms. The van der Waals surface area contributed by atoms with Gasteiger partial charge in [0.2, 0.25) is 5.90 Å². The minimum atomic E-state index is -1.24. The molecule has 7 heteroatoms. The molecular weight excluding hydrogens is 480 g/mol. The summed E-state index contributed by atoms with van der Waals surface area (Å²) in [5.41, 5.74) is 1.42. The number of nitrogens with one attached hydrogen (secondary N) is 1. The van der Waals surface area contributed by atoms with Gasteiger partial charge in [-0.15, -0.1) is 6.58 Å². The summed E-state index contributed by atoms with van der Waals surface area (Å²) in [5, 5.41) is 12.1. The van der Waals surface area contributed by atoms with Gasteiger partial charge in [-0.05, 0) is 53.9 Å². The Kier molecular flexibility index (Phi) is 9.16. The first-order valence-electron chi connectivity index (χ1n) is 12.8. The Morgan fingerprint density at radius 2 is 1.89 bits per heavy atom. The van der Waals surface area contributed by atoms with E-state index < -0.39 is 11.6 Å². The number of nitrogens with zero attached hydrogens (tertiary/aromatic N) is 1. The Hall–Kier alpha value is -4.10. The average molecular weight is 515 g/mol. The summed E-state index contributed by atoms with van der Waals surface area (Å²) >= 11 is 0. The molecule has 2 N–H and O–H groups in total. The van der Waals surface area contributed by atoms with Crippen LogP contribution >= 0.6 is 0 Å². The van der Waals surface area contributed by atoms with Crippen molar-refractivity contribution in [3.8, 4) is 11.5 Å². The molecule has 4 rings (SSSR count). The van der Waals surface area contributed by atoms with Gasteiger partial charge in [0.15, 0.2) is 11.6 Å². The zero-order valence-electron chi connectivity index (χ0n) is 21.6. The fourth-order valence-corrected chi connectivity index (χ4v) is 4.46. The first-order valence-corrected chi connectivity index (χ1v) is 12.8. The molecule has 1 heterocycles. The second kappa shape index (κ2) is 12.9. The number of hydrogen-bond donors (Lipinski definition) is 2. The van der Waals surface area contributed by atoms with Crippen LogP contribution in [0.25, 0.3) is 0 Å². The number of amides is 1. The molecule has 0 radical (unpaired) electrons. The summed E-state index contributed by atoms with van der Waals surface area (Å²) in [6.45, 7) is 4.90. The standard InChI is InChI=1S/C31H34N2O5/c1-3-18-31(30(35)32-19-17-23-9-5-4-6-10-23)28(25-11-7-12-27(22-25)36-2)38-29(33-31)24-13-15-26(16-14-24)37-21-8-20-34/h3-7,9-16,22,28,34H,1,8,17-21H2,2H3,(H,32,35)/t28-,31-/m1/s1. The minimum absolute atomic E-state index is 0.0766. The maximum Gasteiger partial charge on any atom is 0.252 e. The fourth-order valence-electron chi connectivity index (χ4n) is 4.46. The van der Waals surface area contributed by atoms with Gasteiger partial charge in [-0.2, -0.15) is 0 Å². The molecule has 38 heavy (non-hydrogen) atoms. The van der Waals surface area contributed by atoms with Crippen molar-refractivity contribution >= 4 is 11.8 Å². The molecule has 7 nitrogen and oxygen atoms in total. The summed E-state index contributed by atoms with van der Waals surface area (Å²) in [6.07, 6.45) is 2.58. The van der Waals surface area contributed by atoms with Gasteiger partial charge in [0.25, 0.3) is 5.91 Å². The smallest absolute Gasteiger partial charge is 0.252 e. The lowest BCUT2D eigenvalue weighted by molar-refractivity contribution is -0.128. The molecule has 0 spiro atoms. The van der Waals surface area contributed by atoms with E-state index in [0.717, 1.165) is 16.7 Å². The van der Waals surface area contributed by atoms with Crippen LogP contribution in [0.5, 0.6) is 11.5 Å².